The lowest BCUT2D eigenvalue weighted by Gasteiger charge is -2.17. The highest BCUT2D eigenvalue weighted by Crippen LogP contribution is 2.17. The lowest BCUT2D eigenvalue weighted by molar-refractivity contribution is 0.358. The Labute approximate surface area is 160 Å². The molecule has 1 aliphatic heterocycles. The van der Waals surface area contributed by atoms with Crippen LogP contribution in [0.5, 0.6) is 5.75 Å². The van der Waals surface area contributed by atoms with Crippen molar-refractivity contribution in [3.05, 3.63) is 42.5 Å². The van der Waals surface area contributed by atoms with Gasteiger partial charge in [0.1, 0.15) is 12.4 Å². The molecule has 0 spiro atoms. The van der Waals surface area contributed by atoms with Crippen molar-refractivity contribution in [3.63, 3.8) is 0 Å². The summed E-state index contributed by atoms with van der Waals surface area (Å²) in [5, 5.41) is 6.35. The molecule has 2 N–H and O–H groups in total. The first-order valence-electron chi connectivity index (χ1n) is 7.53. The number of sulfone groups is 1. The Morgan fingerprint density at radius 2 is 2.21 bits per heavy atom. The van der Waals surface area contributed by atoms with Gasteiger partial charge in [-0.05, 0) is 12.5 Å². The summed E-state index contributed by atoms with van der Waals surface area (Å²) in [6.45, 7) is 4.63. The van der Waals surface area contributed by atoms with E-state index in [1.165, 1.54) is 0 Å². The molecule has 1 atom stereocenters. The summed E-state index contributed by atoms with van der Waals surface area (Å²) in [6, 6.07) is 7.65. The van der Waals surface area contributed by atoms with E-state index in [9.17, 15) is 8.42 Å². The zero-order valence-electron chi connectivity index (χ0n) is 13.7. The van der Waals surface area contributed by atoms with Crippen molar-refractivity contribution in [2.45, 2.75) is 19.0 Å². The first-order valence-corrected chi connectivity index (χ1v) is 9.35. The predicted molar refractivity (Wildman–Crippen MR) is 108 cm³/mol. The van der Waals surface area contributed by atoms with E-state index in [1.807, 2.05) is 24.3 Å². The number of guanidine groups is 1. The molecule has 8 heteroatoms. The van der Waals surface area contributed by atoms with Gasteiger partial charge in [0, 0.05) is 25.2 Å². The largest absolute Gasteiger partial charge is 0.489 e. The lowest BCUT2D eigenvalue weighted by atomic mass is 10.2. The van der Waals surface area contributed by atoms with Crippen molar-refractivity contribution in [2.75, 3.05) is 25.2 Å². The monoisotopic (exact) mass is 465 g/mol. The molecular weight excluding hydrogens is 441 g/mol. The number of benzene rings is 1. The molecule has 1 heterocycles. The minimum absolute atomic E-state index is 0. The van der Waals surface area contributed by atoms with Gasteiger partial charge >= 0.3 is 0 Å². The van der Waals surface area contributed by atoms with Gasteiger partial charge in [0.15, 0.2) is 15.8 Å². The SMILES string of the molecule is C=CCOc1ccccc1CNC(=NC)NC1CCS(=O)(=O)C1.I. The summed E-state index contributed by atoms with van der Waals surface area (Å²) in [4.78, 5) is 4.15. The van der Waals surface area contributed by atoms with Crippen LogP contribution in [-0.4, -0.2) is 45.6 Å². The van der Waals surface area contributed by atoms with Crippen LogP contribution in [0.25, 0.3) is 0 Å². The molecule has 0 aromatic heterocycles. The lowest BCUT2D eigenvalue weighted by Crippen LogP contribution is -2.43. The van der Waals surface area contributed by atoms with Crippen molar-refractivity contribution in [1.82, 2.24) is 10.6 Å². The van der Waals surface area contributed by atoms with Crippen LogP contribution in [0, 0.1) is 0 Å². The molecule has 0 amide bonds. The summed E-state index contributed by atoms with van der Waals surface area (Å²) < 4.78 is 28.6. The van der Waals surface area contributed by atoms with Gasteiger partial charge in [0.2, 0.25) is 0 Å². The van der Waals surface area contributed by atoms with E-state index < -0.39 is 9.84 Å². The number of rotatable bonds is 6. The maximum Gasteiger partial charge on any atom is 0.191 e. The highest BCUT2D eigenvalue weighted by atomic mass is 127. The Balaban J connectivity index is 0.00000288. The molecule has 1 fully saturated rings. The first-order chi connectivity index (χ1) is 11.0. The third-order valence-corrected chi connectivity index (χ3v) is 5.34. The maximum atomic E-state index is 11.5. The van der Waals surface area contributed by atoms with Crippen molar-refractivity contribution in [3.8, 4) is 5.75 Å². The second-order valence-corrected chi connectivity index (χ2v) is 7.61. The van der Waals surface area contributed by atoms with E-state index in [-0.39, 0.29) is 41.5 Å². The van der Waals surface area contributed by atoms with Gasteiger partial charge < -0.3 is 15.4 Å². The van der Waals surface area contributed by atoms with Gasteiger partial charge in [-0.3, -0.25) is 4.99 Å². The molecule has 0 saturated carbocycles. The van der Waals surface area contributed by atoms with Gasteiger partial charge in [-0.2, -0.15) is 0 Å². The number of nitrogens with zero attached hydrogens (tertiary/aromatic N) is 1. The Kier molecular flexibility index (Phi) is 8.54. The molecule has 1 aromatic carbocycles. The maximum absolute atomic E-state index is 11.5. The van der Waals surface area contributed by atoms with Crippen LogP contribution in [0.4, 0.5) is 0 Å². The molecule has 134 valence electrons. The topological polar surface area (TPSA) is 79.8 Å². The summed E-state index contributed by atoms with van der Waals surface area (Å²) in [5.41, 5.74) is 0.997. The highest BCUT2D eigenvalue weighted by Gasteiger charge is 2.28. The van der Waals surface area contributed by atoms with Gasteiger partial charge in [0.25, 0.3) is 0 Å². The standard InChI is InChI=1S/C16H23N3O3S.HI/c1-3-9-22-15-7-5-4-6-13(15)11-18-16(17-2)19-14-8-10-23(20,21)12-14;/h3-7,14H,1,8-12H2,2H3,(H2,17,18,19);1H. The molecular formula is C16H24IN3O3S. The number of aliphatic imine (C=N–C) groups is 1. The molecule has 24 heavy (non-hydrogen) atoms. The Morgan fingerprint density at radius 3 is 2.83 bits per heavy atom. The number of nitrogens with one attached hydrogen (secondary N) is 2. The molecule has 1 aromatic rings. The van der Waals surface area contributed by atoms with Crippen LogP contribution < -0.4 is 15.4 Å². The summed E-state index contributed by atoms with van der Waals surface area (Å²) >= 11 is 0. The van der Waals surface area contributed by atoms with Gasteiger partial charge in [-0.1, -0.05) is 30.9 Å². The van der Waals surface area contributed by atoms with Crippen molar-refractivity contribution < 1.29 is 13.2 Å². The second-order valence-electron chi connectivity index (χ2n) is 5.38. The van der Waals surface area contributed by atoms with Crippen LogP contribution in [0.2, 0.25) is 0 Å². The number of hydrogen-bond donors (Lipinski definition) is 2. The van der Waals surface area contributed by atoms with E-state index in [0.29, 0.717) is 25.5 Å². The number of halogens is 1. The van der Waals surface area contributed by atoms with Gasteiger partial charge in [0.05, 0.1) is 11.5 Å². The van der Waals surface area contributed by atoms with Crippen LogP contribution in [0.1, 0.15) is 12.0 Å². The fourth-order valence-corrected chi connectivity index (χ4v) is 4.09. The molecule has 2 rings (SSSR count). The van der Waals surface area contributed by atoms with E-state index in [2.05, 4.69) is 22.2 Å². The zero-order valence-corrected chi connectivity index (χ0v) is 16.8. The third-order valence-electron chi connectivity index (χ3n) is 3.57. The zero-order chi connectivity index (χ0) is 16.7. The Hall–Kier alpha value is -1.29. The van der Waals surface area contributed by atoms with Gasteiger partial charge in [-0.15, -0.1) is 24.0 Å². The first kappa shape index (κ1) is 20.8. The minimum Gasteiger partial charge on any atom is -0.489 e. The fourth-order valence-electron chi connectivity index (χ4n) is 2.42. The van der Waals surface area contributed by atoms with Crippen LogP contribution >= 0.6 is 24.0 Å². The summed E-state index contributed by atoms with van der Waals surface area (Å²) in [6.07, 6.45) is 2.31. The van der Waals surface area contributed by atoms with E-state index in [4.69, 9.17) is 4.74 Å². The normalized spacial score (nSPS) is 19.2. The van der Waals surface area contributed by atoms with E-state index >= 15 is 0 Å². The second kappa shape index (κ2) is 9.87. The number of para-hydroxylation sites is 1. The van der Waals surface area contributed by atoms with Crippen LogP contribution in [0.3, 0.4) is 0 Å². The smallest absolute Gasteiger partial charge is 0.191 e. The molecule has 0 radical (unpaired) electrons. The molecule has 0 aliphatic carbocycles. The quantitative estimate of drug-likeness (QED) is 0.290. The fraction of sp³-hybridized carbons (Fsp3) is 0.438. The Morgan fingerprint density at radius 1 is 1.46 bits per heavy atom. The van der Waals surface area contributed by atoms with Gasteiger partial charge in [-0.25, -0.2) is 8.42 Å². The molecule has 1 unspecified atom stereocenters. The average molecular weight is 465 g/mol. The molecule has 1 saturated heterocycles. The van der Waals surface area contributed by atoms with Crippen LogP contribution in [0.15, 0.2) is 41.9 Å². The molecule has 0 bridgehead atoms. The highest BCUT2D eigenvalue weighted by molar-refractivity contribution is 14.0. The van der Waals surface area contributed by atoms with Crippen molar-refractivity contribution in [1.29, 1.82) is 0 Å². The molecule has 6 nitrogen and oxygen atoms in total. The van der Waals surface area contributed by atoms with Crippen LogP contribution in [-0.2, 0) is 16.4 Å². The Bertz CT molecular complexity index is 677. The minimum atomic E-state index is -2.91. The van der Waals surface area contributed by atoms with E-state index in [0.717, 1.165) is 11.3 Å². The number of hydrogen-bond acceptors (Lipinski definition) is 4. The predicted octanol–water partition coefficient (Wildman–Crippen LogP) is 1.72. The summed E-state index contributed by atoms with van der Waals surface area (Å²) in [5.74, 6) is 1.77. The van der Waals surface area contributed by atoms with Crippen molar-refractivity contribution in [2.24, 2.45) is 4.99 Å². The van der Waals surface area contributed by atoms with E-state index in [1.54, 1.807) is 13.1 Å². The third kappa shape index (κ3) is 6.31. The number of ether oxygens (including phenoxy) is 1. The molecule has 1 aliphatic rings. The summed E-state index contributed by atoms with van der Waals surface area (Å²) in [7, 11) is -1.24. The van der Waals surface area contributed by atoms with Crippen molar-refractivity contribution >= 4 is 39.8 Å². The average Bonchev–Trinajstić information content (AvgIpc) is 2.89.